The third-order valence-corrected chi connectivity index (χ3v) is 8.08. The molecule has 2 aromatic rings. The van der Waals surface area contributed by atoms with Gasteiger partial charge in [0.1, 0.15) is 12.6 Å². The molecule has 0 aromatic heterocycles. The lowest BCUT2D eigenvalue weighted by molar-refractivity contribution is -0.140. The molecule has 0 aliphatic carbocycles. The minimum Gasteiger partial charge on any atom is -0.352 e. The van der Waals surface area contributed by atoms with Crippen LogP contribution in [0.4, 0.5) is 5.69 Å². The van der Waals surface area contributed by atoms with Gasteiger partial charge in [0.05, 0.1) is 22.0 Å². The number of halogens is 4. The normalized spacial score (nSPS) is 13.1. The molecule has 0 saturated heterocycles. The Kier molecular flexibility index (Phi) is 11.2. The molecule has 0 radical (unpaired) electrons. The first-order chi connectivity index (χ1) is 16.8. The van der Waals surface area contributed by atoms with E-state index in [2.05, 4.69) is 5.32 Å². The fourth-order valence-corrected chi connectivity index (χ4v) is 5.05. The van der Waals surface area contributed by atoms with Gasteiger partial charge in [-0.2, -0.15) is 0 Å². The van der Waals surface area contributed by atoms with Gasteiger partial charge >= 0.3 is 0 Å². The summed E-state index contributed by atoms with van der Waals surface area (Å²) in [6, 6.07) is 8.13. The van der Waals surface area contributed by atoms with E-state index in [0.717, 1.165) is 10.6 Å². The van der Waals surface area contributed by atoms with Gasteiger partial charge in [0.2, 0.25) is 21.8 Å². The molecule has 198 valence electrons. The third-order valence-electron chi connectivity index (χ3n) is 5.61. The third kappa shape index (κ3) is 8.15. The van der Waals surface area contributed by atoms with E-state index in [-0.39, 0.29) is 34.2 Å². The number of hydrogen-bond acceptors (Lipinski definition) is 4. The second-order valence-corrected chi connectivity index (χ2v) is 11.9. The molecule has 0 aliphatic heterocycles. The fourth-order valence-electron chi connectivity index (χ4n) is 3.45. The Labute approximate surface area is 232 Å². The van der Waals surface area contributed by atoms with Crippen molar-refractivity contribution < 1.29 is 18.0 Å². The Hall–Kier alpha value is -1.71. The van der Waals surface area contributed by atoms with Crippen LogP contribution < -0.4 is 9.62 Å². The van der Waals surface area contributed by atoms with Crippen molar-refractivity contribution in [1.82, 2.24) is 10.2 Å². The van der Waals surface area contributed by atoms with Crippen molar-refractivity contribution >= 4 is 73.9 Å². The van der Waals surface area contributed by atoms with Crippen molar-refractivity contribution in [1.29, 1.82) is 0 Å². The number of benzene rings is 2. The van der Waals surface area contributed by atoms with E-state index >= 15 is 0 Å². The molecule has 0 spiro atoms. The first-order valence-corrected chi connectivity index (χ1v) is 14.6. The number of carbonyl (C=O) groups is 2. The van der Waals surface area contributed by atoms with E-state index in [4.69, 9.17) is 46.4 Å². The highest BCUT2D eigenvalue weighted by Gasteiger charge is 2.32. The van der Waals surface area contributed by atoms with Crippen LogP contribution in [0.3, 0.4) is 0 Å². The largest absolute Gasteiger partial charge is 0.352 e. The van der Waals surface area contributed by atoms with E-state index in [1.165, 1.54) is 23.1 Å². The predicted octanol–water partition coefficient (Wildman–Crippen LogP) is 5.79. The van der Waals surface area contributed by atoms with Crippen LogP contribution in [0.1, 0.15) is 39.2 Å². The molecule has 7 nitrogen and oxygen atoms in total. The van der Waals surface area contributed by atoms with Gasteiger partial charge in [-0.15, -0.1) is 0 Å². The van der Waals surface area contributed by atoms with E-state index in [1.807, 2.05) is 13.8 Å². The van der Waals surface area contributed by atoms with Crippen molar-refractivity contribution in [3.05, 3.63) is 62.1 Å². The monoisotopic (exact) mass is 595 g/mol. The van der Waals surface area contributed by atoms with Crippen LogP contribution in [0.25, 0.3) is 0 Å². The van der Waals surface area contributed by atoms with Gasteiger partial charge in [-0.05, 0) is 55.7 Å². The number of nitrogens with one attached hydrogen (secondary N) is 1. The predicted molar refractivity (Wildman–Crippen MR) is 148 cm³/mol. The zero-order valence-corrected chi connectivity index (χ0v) is 24.2. The smallest absolute Gasteiger partial charge is 0.244 e. The molecule has 2 unspecified atom stereocenters. The minimum atomic E-state index is -3.90. The number of amides is 2. The first kappa shape index (κ1) is 30.5. The number of anilines is 1. The summed E-state index contributed by atoms with van der Waals surface area (Å²) in [7, 11) is -3.90. The average molecular weight is 597 g/mol. The zero-order valence-electron chi connectivity index (χ0n) is 20.4. The molecular formula is C24H29Cl4N3O4S. The highest BCUT2D eigenvalue weighted by molar-refractivity contribution is 7.92. The van der Waals surface area contributed by atoms with Crippen LogP contribution in [-0.4, -0.2) is 50.0 Å². The summed E-state index contributed by atoms with van der Waals surface area (Å²) in [5.74, 6) is -0.936. The van der Waals surface area contributed by atoms with Crippen molar-refractivity contribution in [2.75, 3.05) is 17.1 Å². The molecule has 0 saturated carbocycles. The molecule has 2 atom stereocenters. The summed E-state index contributed by atoms with van der Waals surface area (Å²) < 4.78 is 26.2. The Balaban J connectivity index is 2.50. The molecule has 0 bridgehead atoms. The second kappa shape index (κ2) is 13.2. The molecule has 2 amide bonds. The molecular weight excluding hydrogens is 568 g/mol. The van der Waals surface area contributed by atoms with Crippen molar-refractivity contribution in [3.63, 3.8) is 0 Å². The summed E-state index contributed by atoms with van der Waals surface area (Å²) in [4.78, 5) is 28.1. The number of nitrogens with zero attached hydrogens (tertiary/aromatic N) is 2. The van der Waals surface area contributed by atoms with Crippen molar-refractivity contribution in [2.24, 2.45) is 0 Å². The quantitative estimate of drug-likeness (QED) is 0.356. The van der Waals surface area contributed by atoms with Crippen LogP contribution in [-0.2, 0) is 26.2 Å². The van der Waals surface area contributed by atoms with Gasteiger partial charge in [-0.1, -0.05) is 66.3 Å². The lowest BCUT2D eigenvalue weighted by Gasteiger charge is -2.33. The number of carbonyl (C=O) groups excluding carboxylic acids is 2. The fraction of sp³-hybridized carbons (Fsp3) is 0.417. The van der Waals surface area contributed by atoms with Crippen LogP contribution in [0, 0.1) is 0 Å². The minimum absolute atomic E-state index is 0.0275. The molecule has 0 fully saturated rings. The second-order valence-electron chi connectivity index (χ2n) is 8.37. The maximum atomic E-state index is 13.7. The molecule has 0 heterocycles. The molecule has 1 N–H and O–H groups in total. The van der Waals surface area contributed by atoms with Crippen molar-refractivity contribution in [3.8, 4) is 0 Å². The van der Waals surface area contributed by atoms with Gasteiger partial charge in [0.15, 0.2) is 0 Å². The highest BCUT2D eigenvalue weighted by Crippen LogP contribution is 2.29. The van der Waals surface area contributed by atoms with Crippen LogP contribution >= 0.6 is 46.4 Å². The Morgan fingerprint density at radius 2 is 1.61 bits per heavy atom. The standard InChI is InChI=1S/C24H29Cl4N3O4S/c1-5-15(3)29-24(33)22(6-2)30(13-16-7-8-17(25)11-20(16)27)23(32)14-31(36(4,34)35)18-9-10-19(26)21(28)12-18/h7-12,15,22H,5-6,13-14H2,1-4H3,(H,29,33). The van der Waals surface area contributed by atoms with Gasteiger partial charge in [0.25, 0.3) is 0 Å². The topological polar surface area (TPSA) is 86.8 Å². The Bertz CT molecular complexity index is 1210. The molecule has 0 aliphatic rings. The summed E-state index contributed by atoms with van der Waals surface area (Å²) in [5.41, 5.74) is 0.728. The molecule has 36 heavy (non-hydrogen) atoms. The van der Waals surface area contributed by atoms with Crippen LogP contribution in [0.2, 0.25) is 20.1 Å². The van der Waals surface area contributed by atoms with Crippen LogP contribution in [0.15, 0.2) is 36.4 Å². The number of rotatable bonds is 11. The zero-order chi connectivity index (χ0) is 27.2. The summed E-state index contributed by atoms with van der Waals surface area (Å²) >= 11 is 24.5. The summed E-state index contributed by atoms with van der Waals surface area (Å²) in [6.07, 6.45) is 1.99. The van der Waals surface area contributed by atoms with Gasteiger partial charge < -0.3 is 10.2 Å². The van der Waals surface area contributed by atoms with E-state index in [1.54, 1.807) is 25.1 Å². The number of sulfonamides is 1. The average Bonchev–Trinajstić information content (AvgIpc) is 2.79. The van der Waals surface area contributed by atoms with E-state index in [9.17, 15) is 18.0 Å². The Morgan fingerprint density at radius 3 is 2.14 bits per heavy atom. The highest BCUT2D eigenvalue weighted by atomic mass is 35.5. The maximum Gasteiger partial charge on any atom is 0.244 e. The SMILES string of the molecule is CCC(C)NC(=O)C(CC)N(Cc1ccc(Cl)cc1Cl)C(=O)CN(c1ccc(Cl)c(Cl)c1)S(C)(=O)=O. The molecule has 2 rings (SSSR count). The van der Waals surface area contributed by atoms with Crippen LogP contribution in [0.5, 0.6) is 0 Å². The summed E-state index contributed by atoms with van der Waals surface area (Å²) in [5, 5.41) is 4.03. The maximum absolute atomic E-state index is 13.7. The number of hydrogen-bond donors (Lipinski definition) is 1. The molecule has 12 heteroatoms. The van der Waals surface area contributed by atoms with Gasteiger partial charge in [0, 0.05) is 22.6 Å². The summed E-state index contributed by atoms with van der Waals surface area (Å²) in [6.45, 7) is 4.99. The molecule has 2 aromatic carbocycles. The van der Waals surface area contributed by atoms with Crippen molar-refractivity contribution in [2.45, 2.75) is 52.2 Å². The van der Waals surface area contributed by atoms with Gasteiger partial charge in [-0.25, -0.2) is 8.42 Å². The lowest BCUT2D eigenvalue weighted by Crippen LogP contribution is -2.53. The van der Waals surface area contributed by atoms with Gasteiger partial charge in [-0.3, -0.25) is 13.9 Å². The first-order valence-electron chi connectivity index (χ1n) is 11.2. The van der Waals surface area contributed by atoms with E-state index in [0.29, 0.717) is 28.5 Å². The van der Waals surface area contributed by atoms with E-state index < -0.39 is 28.5 Å². The lowest BCUT2D eigenvalue weighted by atomic mass is 10.1. The Morgan fingerprint density at radius 1 is 0.944 bits per heavy atom.